The zero-order chi connectivity index (χ0) is 15.0. The summed E-state index contributed by atoms with van der Waals surface area (Å²) >= 11 is 11.7. The molecule has 5 heteroatoms. The molecule has 0 bridgehead atoms. The van der Waals surface area contributed by atoms with Crippen LogP contribution in [-0.4, -0.2) is 7.11 Å². The van der Waals surface area contributed by atoms with Crippen LogP contribution >= 0.6 is 38.9 Å². The van der Waals surface area contributed by atoms with Crippen LogP contribution in [0.1, 0.15) is 16.5 Å². The van der Waals surface area contributed by atoms with Crippen LogP contribution in [-0.2, 0) is 0 Å². The molecule has 0 saturated heterocycles. The third-order valence-electron chi connectivity index (χ3n) is 3.34. The van der Waals surface area contributed by atoms with E-state index in [1.807, 2.05) is 23.6 Å². The van der Waals surface area contributed by atoms with Crippen LogP contribution in [0.15, 0.2) is 46.3 Å². The van der Waals surface area contributed by atoms with Crippen molar-refractivity contribution in [3.05, 3.63) is 63.2 Å². The first-order chi connectivity index (χ1) is 10.1. The van der Waals surface area contributed by atoms with Gasteiger partial charge in [0.25, 0.3) is 0 Å². The molecule has 1 atom stereocenters. The van der Waals surface area contributed by atoms with E-state index in [4.69, 9.17) is 16.3 Å². The summed E-state index contributed by atoms with van der Waals surface area (Å²) in [4.78, 5) is 0. The van der Waals surface area contributed by atoms with Crippen molar-refractivity contribution in [1.82, 2.24) is 0 Å². The molecule has 3 rings (SSSR count). The Balaban J connectivity index is 2.18. The van der Waals surface area contributed by atoms with Crippen molar-refractivity contribution in [2.75, 3.05) is 7.11 Å². The van der Waals surface area contributed by atoms with Crippen LogP contribution in [0, 0.1) is 5.82 Å². The molecule has 3 aromatic rings. The van der Waals surface area contributed by atoms with Crippen LogP contribution in [0.3, 0.4) is 0 Å². The van der Waals surface area contributed by atoms with Gasteiger partial charge < -0.3 is 4.74 Å². The number of hydrogen-bond donors (Lipinski definition) is 0. The summed E-state index contributed by atoms with van der Waals surface area (Å²) < 4.78 is 21.6. The zero-order valence-corrected chi connectivity index (χ0v) is 14.2. The average molecular weight is 386 g/mol. The number of thiophene rings is 1. The van der Waals surface area contributed by atoms with E-state index in [0.29, 0.717) is 11.3 Å². The fraction of sp³-hybridized carbons (Fsp3) is 0.125. The molecule has 0 radical (unpaired) electrons. The lowest BCUT2D eigenvalue weighted by Crippen LogP contribution is -2.00. The molecule has 2 aromatic carbocycles. The second-order valence-corrected chi connectivity index (χ2v) is 6.70. The van der Waals surface area contributed by atoms with E-state index in [2.05, 4.69) is 15.9 Å². The average Bonchev–Trinajstić information content (AvgIpc) is 2.91. The summed E-state index contributed by atoms with van der Waals surface area (Å²) in [6.07, 6.45) is 0. The van der Waals surface area contributed by atoms with Crippen molar-refractivity contribution in [1.29, 1.82) is 0 Å². The first-order valence-electron chi connectivity index (χ1n) is 6.25. The van der Waals surface area contributed by atoms with Crippen LogP contribution in [0.5, 0.6) is 5.75 Å². The third kappa shape index (κ3) is 2.56. The maximum atomic E-state index is 14.2. The van der Waals surface area contributed by atoms with Gasteiger partial charge in [0.1, 0.15) is 11.6 Å². The van der Waals surface area contributed by atoms with Crippen molar-refractivity contribution in [2.24, 2.45) is 0 Å². The minimum absolute atomic E-state index is 0.358. The van der Waals surface area contributed by atoms with Crippen LogP contribution in [0.4, 0.5) is 4.39 Å². The van der Waals surface area contributed by atoms with E-state index >= 15 is 0 Å². The third-order valence-corrected chi connectivity index (χ3v) is 5.76. The maximum Gasteiger partial charge on any atom is 0.131 e. The number of benzene rings is 2. The number of ether oxygens (including phenoxy) is 1. The molecule has 1 aromatic heterocycles. The fourth-order valence-electron chi connectivity index (χ4n) is 2.33. The molecule has 0 amide bonds. The van der Waals surface area contributed by atoms with Gasteiger partial charge in [0.15, 0.2) is 0 Å². The van der Waals surface area contributed by atoms with Gasteiger partial charge in [-0.3, -0.25) is 0 Å². The Labute approximate surface area is 139 Å². The van der Waals surface area contributed by atoms with Crippen LogP contribution in [0.2, 0.25) is 0 Å². The Morgan fingerprint density at radius 1 is 1.24 bits per heavy atom. The minimum Gasteiger partial charge on any atom is -0.496 e. The van der Waals surface area contributed by atoms with Gasteiger partial charge in [-0.2, -0.15) is 0 Å². The van der Waals surface area contributed by atoms with Crippen LogP contribution < -0.4 is 4.74 Å². The lowest BCUT2D eigenvalue weighted by atomic mass is 10.0. The summed E-state index contributed by atoms with van der Waals surface area (Å²) in [5, 5.41) is 2.41. The summed E-state index contributed by atoms with van der Waals surface area (Å²) in [6, 6.07) is 10.7. The predicted molar refractivity (Wildman–Crippen MR) is 90.2 cm³/mol. The van der Waals surface area contributed by atoms with Gasteiger partial charge in [0.05, 0.1) is 18.1 Å². The smallest absolute Gasteiger partial charge is 0.131 e. The van der Waals surface area contributed by atoms with E-state index in [1.165, 1.54) is 13.2 Å². The van der Waals surface area contributed by atoms with Crippen molar-refractivity contribution in [2.45, 2.75) is 5.38 Å². The maximum absolute atomic E-state index is 14.2. The Morgan fingerprint density at radius 2 is 2.00 bits per heavy atom. The predicted octanol–water partition coefficient (Wildman–Crippen LogP) is 6.14. The van der Waals surface area contributed by atoms with Gasteiger partial charge in [0.2, 0.25) is 0 Å². The fourth-order valence-corrected chi connectivity index (χ4v) is 4.45. The van der Waals surface area contributed by atoms with E-state index < -0.39 is 5.38 Å². The highest BCUT2D eigenvalue weighted by molar-refractivity contribution is 9.10. The Hall–Kier alpha value is -1.10. The molecule has 0 aliphatic carbocycles. The molecule has 0 aliphatic heterocycles. The lowest BCUT2D eigenvalue weighted by Gasteiger charge is -2.14. The molecule has 1 unspecified atom stereocenters. The van der Waals surface area contributed by atoms with Gasteiger partial charge in [0, 0.05) is 9.17 Å². The Bertz CT molecular complexity index is 802. The van der Waals surface area contributed by atoms with E-state index in [0.717, 1.165) is 20.1 Å². The zero-order valence-electron chi connectivity index (χ0n) is 11.1. The Kier molecular flexibility index (Phi) is 4.20. The number of fused-ring (bicyclic) bond motifs is 1. The molecule has 0 saturated carbocycles. The molecule has 0 N–H and O–H groups in total. The standard InChI is InChI=1S/C16H11BrClFOS/c1-20-13-7-3-6-12(19)14(13)15(18)10-8-21-16-9(10)4-2-5-11(16)17/h2-8,15H,1H3. The number of rotatable bonds is 3. The number of halogens is 3. The molecule has 1 heterocycles. The summed E-state index contributed by atoms with van der Waals surface area (Å²) in [6.45, 7) is 0. The van der Waals surface area contributed by atoms with Crippen molar-refractivity contribution in [3.8, 4) is 5.75 Å². The van der Waals surface area contributed by atoms with Gasteiger partial charge in [-0.25, -0.2) is 4.39 Å². The monoisotopic (exact) mass is 384 g/mol. The minimum atomic E-state index is -0.593. The van der Waals surface area contributed by atoms with Crippen molar-refractivity contribution < 1.29 is 9.13 Å². The second-order valence-electron chi connectivity index (χ2n) is 4.53. The van der Waals surface area contributed by atoms with Gasteiger partial charge in [-0.1, -0.05) is 18.2 Å². The van der Waals surface area contributed by atoms with Gasteiger partial charge in [-0.05, 0) is 50.5 Å². The first-order valence-corrected chi connectivity index (χ1v) is 8.36. The normalized spacial score (nSPS) is 12.6. The lowest BCUT2D eigenvalue weighted by molar-refractivity contribution is 0.405. The molecule has 108 valence electrons. The van der Waals surface area contributed by atoms with Crippen molar-refractivity contribution in [3.63, 3.8) is 0 Å². The quantitative estimate of drug-likeness (QED) is 0.492. The molecular formula is C16H11BrClFOS. The summed E-state index contributed by atoms with van der Waals surface area (Å²) in [5.74, 6) is 0.105. The molecule has 0 spiro atoms. The van der Waals surface area contributed by atoms with Crippen LogP contribution in [0.25, 0.3) is 10.1 Å². The number of hydrogen-bond acceptors (Lipinski definition) is 2. The number of methoxy groups -OCH3 is 1. The second kappa shape index (κ2) is 5.95. The number of alkyl halides is 1. The highest BCUT2D eigenvalue weighted by atomic mass is 79.9. The van der Waals surface area contributed by atoms with Gasteiger partial charge in [-0.15, -0.1) is 22.9 Å². The molecule has 1 nitrogen and oxygen atoms in total. The van der Waals surface area contributed by atoms with E-state index in [9.17, 15) is 4.39 Å². The first kappa shape index (κ1) is 14.8. The highest BCUT2D eigenvalue weighted by Gasteiger charge is 2.23. The van der Waals surface area contributed by atoms with E-state index in [-0.39, 0.29) is 5.82 Å². The SMILES string of the molecule is COc1cccc(F)c1C(Cl)c1csc2c(Br)cccc12. The van der Waals surface area contributed by atoms with E-state index in [1.54, 1.807) is 23.5 Å². The molecule has 0 aliphatic rings. The summed E-state index contributed by atoms with van der Waals surface area (Å²) in [5.41, 5.74) is 1.27. The largest absolute Gasteiger partial charge is 0.496 e. The molecule has 0 fully saturated rings. The topological polar surface area (TPSA) is 9.23 Å². The summed E-state index contributed by atoms with van der Waals surface area (Å²) in [7, 11) is 1.52. The van der Waals surface area contributed by atoms with Gasteiger partial charge >= 0.3 is 0 Å². The molecule has 21 heavy (non-hydrogen) atoms. The molecular weight excluding hydrogens is 375 g/mol. The van der Waals surface area contributed by atoms with Crippen molar-refractivity contribution >= 4 is 49.0 Å². The highest BCUT2D eigenvalue weighted by Crippen LogP contribution is 2.43. The Morgan fingerprint density at radius 3 is 2.76 bits per heavy atom.